The zero-order valence-corrected chi connectivity index (χ0v) is 13.4. The molecule has 1 heterocycles. The van der Waals surface area contributed by atoms with E-state index in [1.54, 1.807) is 18.5 Å². The first-order valence-corrected chi connectivity index (χ1v) is 7.34. The van der Waals surface area contributed by atoms with Crippen LogP contribution in [0, 0.1) is 0 Å². The Labute approximate surface area is 132 Å². The normalized spacial score (nSPS) is 11.8. The van der Waals surface area contributed by atoms with Gasteiger partial charge in [-0.2, -0.15) is 0 Å². The number of carbonyl (C=O) groups excluding carboxylic acids is 1. The summed E-state index contributed by atoms with van der Waals surface area (Å²) in [5.74, 6) is 0. The summed E-state index contributed by atoms with van der Waals surface area (Å²) in [5.41, 5.74) is 2.53. The zero-order chi connectivity index (χ0) is 15.2. The highest BCUT2D eigenvalue weighted by Crippen LogP contribution is 2.21. The number of nitrogens with zero attached hydrogens (tertiary/aromatic N) is 1. The number of rotatable bonds is 4. The molecule has 0 fully saturated rings. The van der Waals surface area contributed by atoms with Gasteiger partial charge in [0.1, 0.15) is 0 Å². The van der Waals surface area contributed by atoms with Gasteiger partial charge in [0.05, 0.1) is 10.2 Å². The Hall–Kier alpha value is -1.92. The highest BCUT2D eigenvalue weighted by atomic mass is 79.9. The van der Waals surface area contributed by atoms with Gasteiger partial charge in [-0.1, -0.05) is 12.1 Å². The summed E-state index contributed by atoms with van der Waals surface area (Å²) >= 11 is 3.34. The quantitative estimate of drug-likeness (QED) is 0.787. The monoisotopic (exact) mass is 348 g/mol. The SMILES string of the molecule is CNC(C)c1cccc(NC(=O)Nc2ccncc2Br)c1. The number of nitrogens with one attached hydrogen (secondary N) is 3. The maximum atomic E-state index is 12.0. The molecule has 2 rings (SSSR count). The number of benzene rings is 1. The lowest BCUT2D eigenvalue weighted by Crippen LogP contribution is -2.20. The average molecular weight is 349 g/mol. The highest BCUT2D eigenvalue weighted by Gasteiger charge is 2.07. The van der Waals surface area contributed by atoms with Crippen molar-refractivity contribution in [3.63, 3.8) is 0 Å². The number of halogens is 1. The molecule has 0 aliphatic rings. The van der Waals surface area contributed by atoms with Gasteiger partial charge >= 0.3 is 6.03 Å². The number of carbonyl (C=O) groups is 1. The van der Waals surface area contributed by atoms with Crippen LogP contribution in [0.15, 0.2) is 47.2 Å². The van der Waals surface area contributed by atoms with Gasteiger partial charge in [-0.15, -0.1) is 0 Å². The van der Waals surface area contributed by atoms with Crippen LogP contribution in [0.5, 0.6) is 0 Å². The molecule has 110 valence electrons. The van der Waals surface area contributed by atoms with E-state index in [0.717, 1.165) is 15.7 Å². The van der Waals surface area contributed by atoms with Crippen LogP contribution in [0.1, 0.15) is 18.5 Å². The molecule has 0 spiro atoms. The van der Waals surface area contributed by atoms with Gasteiger partial charge in [0, 0.05) is 24.1 Å². The molecule has 1 aromatic heterocycles. The predicted molar refractivity (Wildman–Crippen MR) is 88.5 cm³/mol. The highest BCUT2D eigenvalue weighted by molar-refractivity contribution is 9.10. The molecule has 0 bridgehead atoms. The maximum absolute atomic E-state index is 12.0. The van der Waals surface area contributed by atoms with Crippen LogP contribution in [-0.2, 0) is 0 Å². The lowest BCUT2D eigenvalue weighted by atomic mass is 10.1. The van der Waals surface area contributed by atoms with Gasteiger partial charge in [-0.05, 0) is 53.7 Å². The number of amides is 2. The molecule has 21 heavy (non-hydrogen) atoms. The van der Waals surface area contributed by atoms with Gasteiger partial charge in [0.15, 0.2) is 0 Å². The number of aromatic nitrogens is 1. The molecule has 6 heteroatoms. The summed E-state index contributed by atoms with van der Waals surface area (Å²) in [4.78, 5) is 16.0. The van der Waals surface area contributed by atoms with E-state index >= 15 is 0 Å². The molecule has 0 aliphatic heterocycles. The van der Waals surface area contributed by atoms with Crippen LogP contribution in [0.4, 0.5) is 16.2 Å². The Morgan fingerprint density at radius 1 is 1.29 bits per heavy atom. The maximum Gasteiger partial charge on any atom is 0.323 e. The van der Waals surface area contributed by atoms with Crippen molar-refractivity contribution in [2.45, 2.75) is 13.0 Å². The number of hydrogen-bond donors (Lipinski definition) is 3. The summed E-state index contributed by atoms with van der Waals surface area (Å²) in [7, 11) is 1.90. The van der Waals surface area contributed by atoms with E-state index in [-0.39, 0.29) is 12.1 Å². The van der Waals surface area contributed by atoms with Crippen molar-refractivity contribution >= 4 is 33.3 Å². The number of anilines is 2. The van der Waals surface area contributed by atoms with Gasteiger partial charge in [0.2, 0.25) is 0 Å². The molecule has 2 aromatic rings. The summed E-state index contributed by atoms with van der Waals surface area (Å²) in [6.07, 6.45) is 3.25. The van der Waals surface area contributed by atoms with Crippen molar-refractivity contribution in [1.29, 1.82) is 0 Å². The second-order valence-electron chi connectivity index (χ2n) is 4.57. The van der Waals surface area contributed by atoms with Crippen LogP contribution in [0.25, 0.3) is 0 Å². The van der Waals surface area contributed by atoms with Gasteiger partial charge in [0.25, 0.3) is 0 Å². The zero-order valence-electron chi connectivity index (χ0n) is 11.9. The molecule has 0 aliphatic carbocycles. The second-order valence-corrected chi connectivity index (χ2v) is 5.42. The Balaban J connectivity index is 2.05. The molecule has 0 radical (unpaired) electrons. The van der Waals surface area contributed by atoms with Crippen molar-refractivity contribution < 1.29 is 4.79 Å². The van der Waals surface area contributed by atoms with Crippen molar-refractivity contribution in [1.82, 2.24) is 10.3 Å². The van der Waals surface area contributed by atoms with E-state index in [9.17, 15) is 4.79 Å². The minimum atomic E-state index is -0.295. The fourth-order valence-electron chi connectivity index (χ4n) is 1.81. The molecule has 3 N–H and O–H groups in total. The number of hydrogen-bond acceptors (Lipinski definition) is 3. The van der Waals surface area contributed by atoms with E-state index in [1.165, 1.54) is 0 Å². The van der Waals surface area contributed by atoms with Crippen LogP contribution in [0.2, 0.25) is 0 Å². The van der Waals surface area contributed by atoms with Crippen molar-refractivity contribution in [2.24, 2.45) is 0 Å². The summed E-state index contributed by atoms with van der Waals surface area (Å²) < 4.78 is 0.734. The van der Waals surface area contributed by atoms with Crippen molar-refractivity contribution in [3.05, 3.63) is 52.8 Å². The van der Waals surface area contributed by atoms with Gasteiger partial charge in [-0.25, -0.2) is 4.79 Å². The molecule has 5 nitrogen and oxygen atoms in total. The molecule has 2 amide bonds. The number of urea groups is 1. The van der Waals surface area contributed by atoms with E-state index in [1.807, 2.05) is 31.3 Å². The molecular formula is C15H17BrN4O. The van der Waals surface area contributed by atoms with Gasteiger partial charge in [-0.3, -0.25) is 4.98 Å². The largest absolute Gasteiger partial charge is 0.323 e. The Morgan fingerprint density at radius 3 is 2.81 bits per heavy atom. The van der Waals surface area contributed by atoms with E-state index < -0.39 is 0 Å². The minimum Gasteiger partial charge on any atom is -0.313 e. The third-order valence-corrected chi connectivity index (χ3v) is 3.73. The first-order valence-electron chi connectivity index (χ1n) is 6.55. The molecule has 0 saturated carbocycles. The first-order chi connectivity index (χ1) is 10.1. The van der Waals surface area contributed by atoms with E-state index in [4.69, 9.17) is 0 Å². The topological polar surface area (TPSA) is 66.0 Å². The molecule has 1 atom stereocenters. The minimum absolute atomic E-state index is 0.226. The van der Waals surface area contributed by atoms with Crippen LogP contribution in [0.3, 0.4) is 0 Å². The lowest BCUT2D eigenvalue weighted by molar-refractivity contribution is 0.262. The third kappa shape index (κ3) is 4.27. The van der Waals surface area contributed by atoms with Crippen LogP contribution in [-0.4, -0.2) is 18.1 Å². The summed E-state index contributed by atoms with van der Waals surface area (Å²) in [6.45, 7) is 2.06. The average Bonchev–Trinajstić information content (AvgIpc) is 2.49. The van der Waals surface area contributed by atoms with Crippen LogP contribution < -0.4 is 16.0 Å². The van der Waals surface area contributed by atoms with Gasteiger partial charge < -0.3 is 16.0 Å². The van der Waals surface area contributed by atoms with E-state index in [2.05, 4.69) is 43.8 Å². The number of pyridine rings is 1. The standard InChI is InChI=1S/C15H17BrN4O/c1-10(17-2)11-4-3-5-12(8-11)19-15(21)20-14-6-7-18-9-13(14)16/h3-10,17H,1-2H3,(H2,18,19,20,21). The van der Waals surface area contributed by atoms with Crippen LogP contribution >= 0.6 is 15.9 Å². The summed E-state index contributed by atoms with van der Waals surface area (Å²) in [5, 5.41) is 8.75. The van der Waals surface area contributed by atoms with E-state index in [0.29, 0.717) is 5.69 Å². The lowest BCUT2D eigenvalue weighted by Gasteiger charge is -2.13. The Kier molecular flexibility index (Phi) is 5.30. The first kappa shape index (κ1) is 15.5. The Bertz CT molecular complexity index is 633. The Morgan fingerprint density at radius 2 is 2.10 bits per heavy atom. The molecule has 0 saturated heterocycles. The van der Waals surface area contributed by atoms with Crippen molar-refractivity contribution in [2.75, 3.05) is 17.7 Å². The summed E-state index contributed by atoms with van der Waals surface area (Å²) in [6, 6.07) is 9.39. The third-order valence-electron chi connectivity index (χ3n) is 3.10. The fourth-order valence-corrected chi connectivity index (χ4v) is 2.16. The van der Waals surface area contributed by atoms with Crippen molar-refractivity contribution in [3.8, 4) is 0 Å². The molecule has 1 aromatic carbocycles. The smallest absolute Gasteiger partial charge is 0.313 e. The molecule has 1 unspecified atom stereocenters. The fraction of sp³-hybridized carbons (Fsp3) is 0.200. The molecular weight excluding hydrogens is 332 g/mol. The predicted octanol–water partition coefficient (Wildman–Crippen LogP) is 3.77. The second kappa shape index (κ2) is 7.19.